The fourth-order valence-electron chi connectivity index (χ4n) is 1.99. The second-order valence-corrected chi connectivity index (χ2v) is 5.33. The molecule has 1 heterocycles. The van der Waals surface area contributed by atoms with Crippen LogP contribution >= 0.6 is 15.9 Å². The van der Waals surface area contributed by atoms with Crippen LogP contribution in [-0.4, -0.2) is 9.97 Å². The molecular weight excluding hydrogens is 335 g/mol. The molecule has 0 saturated carbocycles. The lowest BCUT2D eigenvalue weighted by atomic mass is 10.1. The number of halogens is 2. The monoisotopic (exact) mass is 344 g/mol. The maximum atomic E-state index is 13.6. The number of benzene rings is 2. The third-order valence-corrected chi connectivity index (χ3v) is 3.65. The predicted molar refractivity (Wildman–Crippen MR) is 83.4 cm³/mol. The summed E-state index contributed by atoms with van der Waals surface area (Å²) < 4.78 is 14.0. The number of H-pyrrole nitrogens is 1. The number of aromatic nitrogens is 2. The van der Waals surface area contributed by atoms with Crippen LogP contribution < -0.4 is 5.56 Å². The van der Waals surface area contributed by atoms with Crippen molar-refractivity contribution in [3.05, 3.63) is 75.2 Å². The minimum atomic E-state index is -0.403. The SMILES string of the molecule is O=c1cc(-c2ccccc2)nc(-c2ccc(Br)c(F)c2)[nH]1. The molecule has 0 fully saturated rings. The van der Waals surface area contributed by atoms with Crippen molar-refractivity contribution in [2.24, 2.45) is 0 Å². The summed E-state index contributed by atoms with van der Waals surface area (Å²) in [5, 5.41) is 0. The van der Waals surface area contributed by atoms with Gasteiger partial charge in [-0.05, 0) is 34.1 Å². The van der Waals surface area contributed by atoms with E-state index in [1.54, 1.807) is 12.1 Å². The number of aromatic amines is 1. The van der Waals surface area contributed by atoms with Crippen LogP contribution in [0, 0.1) is 5.82 Å². The van der Waals surface area contributed by atoms with Crippen LogP contribution in [0.15, 0.2) is 63.9 Å². The van der Waals surface area contributed by atoms with Crippen molar-refractivity contribution >= 4 is 15.9 Å². The summed E-state index contributed by atoms with van der Waals surface area (Å²) in [6.45, 7) is 0. The fourth-order valence-corrected chi connectivity index (χ4v) is 2.24. The number of nitrogens with one attached hydrogen (secondary N) is 1. The van der Waals surface area contributed by atoms with Gasteiger partial charge in [0.2, 0.25) is 0 Å². The molecule has 21 heavy (non-hydrogen) atoms. The molecule has 0 aliphatic rings. The van der Waals surface area contributed by atoms with Crippen molar-refractivity contribution in [3.8, 4) is 22.6 Å². The van der Waals surface area contributed by atoms with Gasteiger partial charge in [-0.15, -0.1) is 0 Å². The highest BCUT2D eigenvalue weighted by Gasteiger charge is 2.08. The highest BCUT2D eigenvalue weighted by atomic mass is 79.9. The van der Waals surface area contributed by atoms with E-state index in [9.17, 15) is 9.18 Å². The second-order valence-electron chi connectivity index (χ2n) is 4.47. The first-order chi connectivity index (χ1) is 10.1. The van der Waals surface area contributed by atoms with Gasteiger partial charge in [-0.1, -0.05) is 30.3 Å². The second kappa shape index (κ2) is 5.61. The van der Waals surface area contributed by atoms with Gasteiger partial charge in [0.1, 0.15) is 11.6 Å². The zero-order chi connectivity index (χ0) is 14.8. The Morgan fingerprint density at radius 1 is 1.00 bits per heavy atom. The zero-order valence-electron chi connectivity index (χ0n) is 10.8. The van der Waals surface area contributed by atoms with E-state index in [4.69, 9.17) is 0 Å². The van der Waals surface area contributed by atoms with Crippen molar-refractivity contribution < 1.29 is 4.39 Å². The van der Waals surface area contributed by atoms with Crippen molar-refractivity contribution in [3.63, 3.8) is 0 Å². The van der Waals surface area contributed by atoms with E-state index in [1.807, 2.05) is 30.3 Å². The Morgan fingerprint density at radius 2 is 1.76 bits per heavy atom. The Balaban J connectivity index is 2.14. The highest BCUT2D eigenvalue weighted by Crippen LogP contribution is 2.23. The van der Waals surface area contributed by atoms with Crippen molar-refractivity contribution in [2.45, 2.75) is 0 Å². The number of rotatable bonds is 2. The highest BCUT2D eigenvalue weighted by molar-refractivity contribution is 9.10. The van der Waals surface area contributed by atoms with Crippen LogP contribution in [0.25, 0.3) is 22.6 Å². The van der Waals surface area contributed by atoms with Crippen molar-refractivity contribution in [2.75, 3.05) is 0 Å². The Kier molecular flexibility index (Phi) is 3.66. The molecule has 0 atom stereocenters. The standard InChI is InChI=1S/C16H10BrFN2O/c17-12-7-6-11(8-13(12)18)16-19-14(9-15(21)20-16)10-4-2-1-3-5-10/h1-9H,(H,19,20,21). The van der Waals surface area contributed by atoms with Gasteiger partial charge in [0.15, 0.2) is 0 Å². The maximum absolute atomic E-state index is 13.6. The molecule has 0 saturated heterocycles. The summed E-state index contributed by atoms with van der Waals surface area (Å²) in [6, 6.07) is 15.4. The Morgan fingerprint density at radius 3 is 2.48 bits per heavy atom. The molecule has 0 bridgehead atoms. The lowest BCUT2D eigenvalue weighted by molar-refractivity contribution is 0.621. The van der Waals surface area contributed by atoms with Crippen LogP contribution in [0.5, 0.6) is 0 Å². The minimum absolute atomic E-state index is 0.276. The summed E-state index contributed by atoms with van der Waals surface area (Å²) in [4.78, 5) is 18.9. The average Bonchev–Trinajstić information content (AvgIpc) is 2.50. The first kappa shape index (κ1) is 13.7. The summed E-state index contributed by atoms with van der Waals surface area (Å²) in [7, 11) is 0. The van der Waals surface area contributed by atoms with E-state index in [-0.39, 0.29) is 5.56 Å². The van der Waals surface area contributed by atoms with Gasteiger partial charge in [0.05, 0.1) is 10.2 Å². The topological polar surface area (TPSA) is 45.8 Å². The van der Waals surface area contributed by atoms with Crippen LogP contribution in [-0.2, 0) is 0 Å². The molecule has 0 unspecified atom stereocenters. The number of nitrogens with zero attached hydrogens (tertiary/aromatic N) is 1. The van der Waals surface area contributed by atoms with E-state index in [0.717, 1.165) is 5.56 Å². The van der Waals surface area contributed by atoms with Gasteiger partial charge < -0.3 is 4.98 Å². The number of hydrogen-bond acceptors (Lipinski definition) is 2. The molecule has 3 rings (SSSR count). The molecule has 0 aliphatic carbocycles. The third-order valence-electron chi connectivity index (χ3n) is 3.00. The van der Waals surface area contributed by atoms with Gasteiger partial charge in [0, 0.05) is 17.2 Å². The average molecular weight is 345 g/mol. The summed E-state index contributed by atoms with van der Waals surface area (Å²) in [5.74, 6) is -0.0620. The molecule has 0 aliphatic heterocycles. The summed E-state index contributed by atoms with van der Waals surface area (Å²) in [5.41, 5.74) is 1.63. The van der Waals surface area contributed by atoms with Gasteiger partial charge >= 0.3 is 0 Å². The van der Waals surface area contributed by atoms with Gasteiger partial charge in [-0.25, -0.2) is 9.37 Å². The fraction of sp³-hybridized carbons (Fsp3) is 0. The molecule has 0 radical (unpaired) electrons. The quantitative estimate of drug-likeness (QED) is 0.763. The predicted octanol–water partition coefficient (Wildman–Crippen LogP) is 4.01. The van der Waals surface area contributed by atoms with Crippen LogP contribution in [0.4, 0.5) is 4.39 Å². The molecule has 3 aromatic rings. The third kappa shape index (κ3) is 2.92. The van der Waals surface area contributed by atoms with Crippen LogP contribution in [0.2, 0.25) is 0 Å². The first-order valence-corrected chi connectivity index (χ1v) is 7.05. The van der Waals surface area contributed by atoms with E-state index in [1.165, 1.54) is 12.1 Å². The minimum Gasteiger partial charge on any atom is -0.306 e. The first-order valence-electron chi connectivity index (χ1n) is 6.26. The van der Waals surface area contributed by atoms with E-state index in [2.05, 4.69) is 25.9 Å². The van der Waals surface area contributed by atoms with Gasteiger partial charge in [-0.2, -0.15) is 0 Å². The van der Waals surface area contributed by atoms with Crippen molar-refractivity contribution in [1.82, 2.24) is 9.97 Å². The van der Waals surface area contributed by atoms with Crippen LogP contribution in [0.3, 0.4) is 0 Å². The molecule has 0 spiro atoms. The smallest absolute Gasteiger partial charge is 0.251 e. The Bertz CT molecular complexity index is 846. The molecule has 0 amide bonds. The molecule has 2 aromatic carbocycles. The lowest BCUT2D eigenvalue weighted by Crippen LogP contribution is -2.08. The zero-order valence-corrected chi connectivity index (χ0v) is 12.4. The van der Waals surface area contributed by atoms with E-state index in [0.29, 0.717) is 21.6 Å². The van der Waals surface area contributed by atoms with E-state index >= 15 is 0 Å². The molecular formula is C16H10BrFN2O. The summed E-state index contributed by atoms with van der Waals surface area (Å²) >= 11 is 3.10. The summed E-state index contributed by atoms with van der Waals surface area (Å²) in [6.07, 6.45) is 0. The van der Waals surface area contributed by atoms with E-state index < -0.39 is 5.82 Å². The Labute approximate surface area is 128 Å². The molecule has 1 N–H and O–H groups in total. The lowest BCUT2D eigenvalue weighted by Gasteiger charge is -2.05. The van der Waals surface area contributed by atoms with Gasteiger partial charge in [-0.3, -0.25) is 4.79 Å². The normalized spacial score (nSPS) is 10.6. The number of hydrogen-bond donors (Lipinski definition) is 1. The van der Waals surface area contributed by atoms with Crippen molar-refractivity contribution in [1.29, 1.82) is 0 Å². The Hall–Kier alpha value is -2.27. The largest absolute Gasteiger partial charge is 0.306 e. The molecule has 3 nitrogen and oxygen atoms in total. The molecule has 5 heteroatoms. The van der Waals surface area contributed by atoms with Gasteiger partial charge in [0.25, 0.3) is 5.56 Å². The maximum Gasteiger partial charge on any atom is 0.251 e. The molecule has 104 valence electrons. The molecule has 1 aromatic heterocycles. The van der Waals surface area contributed by atoms with Crippen LogP contribution in [0.1, 0.15) is 0 Å².